The zero-order chi connectivity index (χ0) is 20.7. The number of primary amides is 1. The summed E-state index contributed by atoms with van der Waals surface area (Å²) in [5.74, 6) is -3.57. The van der Waals surface area contributed by atoms with Gasteiger partial charge in [-0.15, -0.1) is 0 Å². The van der Waals surface area contributed by atoms with E-state index in [0.717, 1.165) is 6.07 Å². The Labute approximate surface area is 159 Å². The number of ether oxygens (including phenoxy) is 1. The van der Waals surface area contributed by atoms with Crippen LogP contribution in [0.2, 0.25) is 0 Å². The molecule has 0 spiro atoms. The predicted molar refractivity (Wildman–Crippen MR) is 97.9 cm³/mol. The standard InChI is InChI=1S/C19H18FN3O5/c1-11(18(26)23-13-8-6-12(7-9-13)17(21)25)28-16(24)10-22-19(27)14-4-2-3-5-15(14)20/h2-9,11H,10H2,1H3,(H2,21,25)(H,22,27)(H,23,26)/t11-/m0/s1. The summed E-state index contributed by atoms with van der Waals surface area (Å²) in [5.41, 5.74) is 5.58. The first-order valence-electron chi connectivity index (χ1n) is 8.21. The van der Waals surface area contributed by atoms with Crippen LogP contribution in [-0.4, -0.2) is 36.3 Å². The Hall–Kier alpha value is -3.75. The molecular weight excluding hydrogens is 369 g/mol. The molecule has 0 radical (unpaired) electrons. The summed E-state index contributed by atoms with van der Waals surface area (Å²) >= 11 is 0. The van der Waals surface area contributed by atoms with Gasteiger partial charge in [-0.3, -0.25) is 19.2 Å². The van der Waals surface area contributed by atoms with E-state index >= 15 is 0 Å². The average Bonchev–Trinajstić information content (AvgIpc) is 2.66. The molecule has 0 saturated carbocycles. The first-order valence-corrected chi connectivity index (χ1v) is 8.21. The van der Waals surface area contributed by atoms with Crippen molar-refractivity contribution in [1.82, 2.24) is 5.32 Å². The van der Waals surface area contributed by atoms with Crippen LogP contribution in [0.3, 0.4) is 0 Å². The van der Waals surface area contributed by atoms with Gasteiger partial charge in [0.05, 0.1) is 5.56 Å². The number of hydrogen-bond acceptors (Lipinski definition) is 5. The van der Waals surface area contributed by atoms with Gasteiger partial charge in [0.1, 0.15) is 12.4 Å². The second-order valence-corrected chi connectivity index (χ2v) is 5.73. The topological polar surface area (TPSA) is 128 Å². The number of hydrogen-bond donors (Lipinski definition) is 3. The van der Waals surface area contributed by atoms with Crippen LogP contribution in [-0.2, 0) is 14.3 Å². The molecule has 28 heavy (non-hydrogen) atoms. The maximum Gasteiger partial charge on any atom is 0.326 e. The summed E-state index contributed by atoms with van der Waals surface area (Å²) in [4.78, 5) is 46.7. The normalized spacial score (nSPS) is 11.2. The van der Waals surface area contributed by atoms with E-state index in [2.05, 4.69) is 10.6 Å². The minimum atomic E-state index is -1.14. The molecule has 0 saturated heterocycles. The molecule has 0 unspecified atom stereocenters. The summed E-state index contributed by atoms with van der Waals surface area (Å²) in [7, 11) is 0. The lowest BCUT2D eigenvalue weighted by molar-refractivity contribution is -0.152. The van der Waals surface area contributed by atoms with Crippen LogP contribution in [0, 0.1) is 5.82 Å². The third-order valence-corrected chi connectivity index (χ3v) is 3.63. The third kappa shape index (κ3) is 5.63. The second kappa shape index (κ2) is 9.26. The molecule has 2 rings (SSSR count). The summed E-state index contributed by atoms with van der Waals surface area (Å²) in [6, 6.07) is 11.1. The largest absolute Gasteiger partial charge is 0.451 e. The van der Waals surface area contributed by atoms with Crippen LogP contribution in [0.25, 0.3) is 0 Å². The lowest BCUT2D eigenvalue weighted by Gasteiger charge is -2.14. The number of rotatable bonds is 7. The van der Waals surface area contributed by atoms with Gasteiger partial charge in [0.15, 0.2) is 6.10 Å². The molecule has 3 amide bonds. The zero-order valence-corrected chi connectivity index (χ0v) is 14.9. The number of anilines is 1. The van der Waals surface area contributed by atoms with Crippen LogP contribution in [0.4, 0.5) is 10.1 Å². The van der Waals surface area contributed by atoms with Gasteiger partial charge in [0, 0.05) is 11.3 Å². The number of halogens is 1. The van der Waals surface area contributed by atoms with Crippen molar-refractivity contribution >= 4 is 29.4 Å². The van der Waals surface area contributed by atoms with Crippen LogP contribution in [0.1, 0.15) is 27.6 Å². The highest BCUT2D eigenvalue weighted by molar-refractivity contribution is 5.98. The second-order valence-electron chi connectivity index (χ2n) is 5.73. The van der Waals surface area contributed by atoms with Gasteiger partial charge < -0.3 is 21.1 Å². The van der Waals surface area contributed by atoms with E-state index in [0.29, 0.717) is 5.69 Å². The SMILES string of the molecule is C[C@H](OC(=O)CNC(=O)c1ccccc1F)C(=O)Nc1ccc(C(N)=O)cc1. The van der Waals surface area contributed by atoms with E-state index in [1.807, 2.05) is 0 Å². The Morgan fingerprint density at radius 1 is 1.07 bits per heavy atom. The van der Waals surface area contributed by atoms with Gasteiger partial charge in [-0.1, -0.05) is 12.1 Å². The van der Waals surface area contributed by atoms with Gasteiger partial charge in [-0.05, 0) is 43.3 Å². The molecule has 2 aromatic rings. The summed E-state index contributed by atoms with van der Waals surface area (Å²) in [6.07, 6.45) is -1.14. The fourth-order valence-electron chi connectivity index (χ4n) is 2.15. The van der Waals surface area contributed by atoms with Crippen molar-refractivity contribution in [3.05, 3.63) is 65.5 Å². The molecule has 146 valence electrons. The van der Waals surface area contributed by atoms with Gasteiger partial charge in [-0.2, -0.15) is 0 Å². The molecule has 8 nitrogen and oxygen atoms in total. The van der Waals surface area contributed by atoms with E-state index in [-0.39, 0.29) is 11.1 Å². The van der Waals surface area contributed by atoms with Crippen molar-refractivity contribution in [2.24, 2.45) is 5.73 Å². The first kappa shape index (κ1) is 20.6. The summed E-state index contributed by atoms with van der Waals surface area (Å²) < 4.78 is 18.4. The molecule has 2 aromatic carbocycles. The monoisotopic (exact) mass is 387 g/mol. The molecule has 0 aliphatic heterocycles. The fourth-order valence-corrected chi connectivity index (χ4v) is 2.15. The molecule has 1 atom stereocenters. The van der Waals surface area contributed by atoms with E-state index in [1.54, 1.807) is 0 Å². The van der Waals surface area contributed by atoms with E-state index in [4.69, 9.17) is 10.5 Å². The highest BCUT2D eigenvalue weighted by Crippen LogP contribution is 2.10. The highest BCUT2D eigenvalue weighted by atomic mass is 19.1. The van der Waals surface area contributed by atoms with Crippen LogP contribution < -0.4 is 16.4 Å². The molecule has 0 aliphatic carbocycles. The van der Waals surface area contributed by atoms with Crippen molar-refractivity contribution in [3.63, 3.8) is 0 Å². The minimum absolute atomic E-state index is 0.208. The van der Waals surface area contributed by atoms with E-state index in [1.165, 1.54) is 49.4 Å². The molecule has 0 bridgehead atoms. The number of benzene rings is 2. The Kier molecular flexibility index (Phi) is 6.80. The molecular formula is C19H18FN3O5. The zero-order valence-electron chi connectivity index (χ0n) is 14.9. The van der Waals surface area contributed by atoms with Crippen molar-refractivity contribution in [3.8, 4) is 0 Å². The Balaban J connectivity index is 1.82. The molecule has 0 heterocycles. The van der Waals surface area contributed by atoms with Gasteiger partial charge >= 0.3 is 5.97 Å². The minimum Gasteiger partial charge on any atom is -0.451 e. The smallest absolute Gasteiger partial charge is 0.326 e. The van der Waals surface area contributed by atoms with Crippen LogP contribution in [0.5, 0.6) is 0 Å². The van der Waals surface area contributed by atoms with Crippen LogP contribution >= 0.6 is 0 Å². The van der Waals surface area contributed by atoms with Crippen LogP contribution in [0.15, 0.2) is 48.5 Å². The van der Waals surface area contributed by atoms with Crippen molar-refractivity contribution in [2.45, 2.75) is 13.0 Å². The number of amides is 3. The van der Waals surface area contributed by atoms with Gasteiger partial charge in [0.2, 0.25) is 5.91 Å². The first-order chi connectivity index (χ1) is 13.3. The summed E-state index contributed by atoms with van der Waals surface area (Å²) in [5, 5.41) is 4.73. The highest BCUT2D eigenvalue weighted by Gasteiger charge is 2.19. The molecule has 0 aromatic heterocycles. The summed E-state index contributed by atoms with van der Waals surface area (Å²) in [6.45, 7) is 0.821. The number of esters is 1. The van der Waals surface area contributed by atoms with Gasteiger partial charge in [-0.25, -0.2) is 4.39 Å². The number of nitrogens with two attached hydrogens (primary N) is 1. The van der Waals surface area contributed by atoms with E-state index < -0.39 is 42.2 Å². The fraction of sp³-hybridized carbons (Fsp3) is 0.158. The molecule has 9 heteroatoms. The van der Waals surface area contributed by atoms with E-state index in [9.17, 15) is 23.6 Å². The Morgan fingerprint density at radius 2 is 1.71 bits per heavy atom. The molecule has 0 fully saturated rings. The number of nitrogens with one attached hydrogen (secondary N) is 2. The third-order valence-electron chi connectivity index (χ3n) is 3.63. The Bertz CT molecular complexity index is 899. The maximum absolute atomic E-state index is 13.5. The molecule has 0 aliphatic rings. The van der Waals surface area contributed by atoms with Gasteiger partial charge in [0.25, 0.3) is 11.8 Å². The average molecular weight is 387 g/mol. The van der Waals surface area contributed by atoms with Crippen molar-refractivity contribution in [1.29, 1.82) is 0 Å². The lowest BCUT2D eigenvalue weighted by atomic mass is 10.2. The number of carbonyl (C=O) groups excluding carboxylic acids is 4. The number of carbonyl (C=O) groups is 4. The van der Waals surface area contributed by atoms with Crippen molar-refractivity contribution < 1.29 is 28.3 Å². The predicted octanol–water partition coefficient (Wildman–Crippen LogP) is 1.22. The quantitative estimate of drug-likeness (QED) is 0.616. The maximum atomic E-state index is 13.5. The lowest BCUT2D eigenvalue weighted by Crippen LogP contribution is -2.36. The molecule has 4 N–H and O–H groups in total. The van der Waals surface area contributed by atoms with Crippen molar-refractivity contribution in [2.75, 3.05) is 11.9 Å². The Morgan fingerprint density at radius 3 is 2.32 bits per heavy atom.